The smallest absolute Gasteiger partial charge is 0.320 e. The van der Waals surface area contributed by atoms with E-state index in [0.717, 1.165) is 6.08 Å². The molecule has 0 amide bonds. The summed E-state index contributed by atoms with van der Waals surface area (Å²) in [6.07, 6.45) is 2.33. The van der Waals surface area contributed by atoms with Crippen molar-refractivity contribution in [2.24, 2.45) is 5.73 Å². The van der Waals surface area contributed by atoms with Crippen molar-refractivity contribution in [2.45, 2.75) is 24.7 Å². The zero-order valence-corrected chi connectivity index (χ0v) is 7.92. The van der Waals surface area contributed by atoms with Gasteiger partial charge in [-0.15, -0.1) is 0 Å². The second kappa shape index (κ2) is 4.01. The Morgan fingerprint density at radius 2 is 2.13 bits per heavy atom. The molecular formula is C9H13NO5. The normalized spacial score (nSPS) is 21.5. The molecule has 0 aromatic heterocycles. The number of hydrogen-bond donors (Lipinski definition) is 5. The minimum atomic E-state index is -2.32. The molecule has 0 saturated heterocycles. The Morgan fingerprint density at radius 1 is 1.53 bits per heavy atom. The standard InChI is InChI=1S/C9H13NO5/c10-6(8(12)13)3-5-1-2-7(11)9(14,15)4-5/h1-2,6,11,14-15H,3-4,10H2,(H,12,13). The molecular weight excluding hydrogens is 202 g/mol. The number of aliphatic carboxylic acids is 1. The molecule has 1 unspecified atom stereocenters. The van der Waals surface area contributed by atoms with Crippen LogP contribution < -0.4 is 5.73 Å². The van der Waals surface area contributed by atoms with Gasteiger partial charge in [-0.2, -0.15) is 0 Å². The van der Waals surface area contributed by atoms with Gasteiger partial charge in [-0.05, 0) is 12.5 Å². The Morgan fingerprint density at radius 3 is 2.60 bits per heavy atom. The molecule has 0 aliphatic heterocycles. The number of allylic oxidation sites excluding steroid dienone is 2. The molecule has 1 aliphatic carbocycles. The van der Waals surface area contributed by atoms with Crippen molar-refractivity contribution in [3.05, 3.63) is 23.5 Å². The van der Waals surface area contributed by atoms with Gasteiger partial charge in [-0.3, -0.25) is 4.79 Å². The summed E-state index contributed by atoms with van der Waals surface area (Å²) >= 11 is 0. The van der Waals surface area contributed by atoms with Gasteiger partial charge in [-0.25, -0.2) is 0 Å². The van der Waals surface area contributed by atoms with Gasteiger partial charge in [0.25, 0.3) is 0 Å². The number of carboxylic acids is 1. The molecule has 0 heterocycles. The first kappa shape index (κ1) is 11.7. The van der Waals surface area contributed by atoms with E-state index in [9.17, 15) is 15.0 Å². The average molecular weight is 215 g/mol. The number of carboxylic acid groups (broad SMARTS) is 1. The fourth-order valence-electron chi connectivity index (χ4n) is 1.31. The lowest BCUT2D eigenvalue weighted by molar-refractivity contribution is -0.152. The number of aliphatic hydroxyl groups is 3. The van der Waals surface area contributed by atoms with E-state index in [1.165, 1.54) is 6.08 Å². The molecule has 6 N–H and O–H groups in total. The summed E-state index contributed by atoms with van der Waals surface area (Å²) in [5.74, 6) is -4.03. The van der Waals surface area contributed by atoms with Crippen molar-refractivity contribution in [3.8, 4) is 0 Å². The topological polar surface area (TPSA) is 124 Å². The second-order valence-electron chi connectivity index (χ2n) is 3.52. The van der Waals surface area contributed by atoms with Crippen LogP contribution in [0.15, 0.2) is 23.5 Å². The van der Waals surface area contributed by atoms with Crippen molar-refractivity contribution in [1.29, 1.82) is 0 Å². The third kappa shape index (κ3) is 2.79. The van der Waals surface area contributed by atoms with Crippen molar-refractivity contribution >= 4 is 5.97 Å². The monoisotopic (exact) mass is 215 g/mol. The molecule has 1 aliphatic rings. The van der Waals surface area contributed by atoms with Gasteiger partial charge in [0.1, 0.15) is 6.04 Å². The zero-order valence-electron chi connectivity index (χ0n) is 7.92. The molecule has 6 heteroatoms. The quantitative estimate of drug-likeness (QED) is 0.394. The van der Waals surface area contributed by atoms with Gasteiger partial charge < -0.3 is 26.2 Å². The maximum atomic E-state index is 10.5. The Hall–Kier alpha value is -1.37. The fourth-order valence-corrected chi connectivity index (χ4v) is 1.31. The van der Waals surface area contributed by atoms with E-state index < -0.39 is 23.6 Å². The highest BCUT2D eigenvalue weighted by molar-refractivity contribution is 5.73. The Balaban J connectivity index is 2.71. The van der Waals surface area contributed by atoms with Crippen LogP contribution in [0.3, 0.4) is 0 Å². The molecule has 0 aromatic carbocycles. The van der Waals surface area contributed by atoms with Crippen molar-refractivity contribution in [2.75, 3.05) is 0 Å². The summed E-state index contributed by atoms with van der Waals surface area (Å²) in [6, 6.07) is -1.08. The number of nitrogens with two attached hydrogens (primary N) is 1. The summed E-state index contributed by atoms with van der Waals surface area (Å²) in [5, 5.41) is 36.2. The van der Waals surface area contributed by atoms with E-state index in [4.69, 9.17) is 15.9 Å². The summed E-state index contributed by atoms with van der Waals surface area (Å²) in [4.78, 5) is 10.5. The largest absolute Gasteiger partial charge is 0.507 e. The van der Waals surface area contributed by atoms with E-state index in [0.29, 0.717) is 5.57 Å². The highest BCUT2D eigenvalue weighted by Crippen LogP contribution is 2.27. The molecule has 1 atom stereocenters. The van der Waals surface area contributed by atoms with Gasteiger partial charge >= 0.3 is 5.97 Å². The van der Waals surface area contributed by atoms with Gasteiger partial charge in [0.2, 0.25) is 5.79 Å². The zero-order chi connectivity index (χ0) is 11.6. The molecule has 0 aromatic rings. The van der Waals surface area contributed by atoms with Crippen molar-refractivity contribution in [1.82, 2.24) is 0 Å². The molecule has 15 heavy (non-hydrogen) atoms. The van der Waals surface area contributed by atoms with E-state index >= 15 is 0 Å². The minimum absolute atomic E-state index is 0.0159. The van der Waals surface area contributed by atoms with Gasteiger partial charge in [0.15, 0.2) is 5.76 Å². The Kier molecular flexibility index (Phi) is 3.13. The van der Waals surface area contributed by atoms with Crippen molar-refractivity contribution in [3.63, 3.8) is 0 Å². The van der Waals surface area contributed by atoms with Crippen LogP contribution in [0, 0.1) is 0 Å². The lowest BCUT2D eigenvalue weighted by Crippen LogP contribution is -2.36. The maximum absolute atomic E-state index is 10.5. The van der Waals surface area contributed by atoms with Crippen LogP contribution in [-0.2, 0) is 4.79 Å². The van der Waals surface area contributed by atoms with Gasteiger partial charge in [0, 0.05) is 6.42 Å². The van der Waals surface area contributed by atoms with Gasteiger partial charge in [-0.1, -0.05) is 11.6 Å². The van der Waals surface area contributed by atoms with Crippen LogP contribution >= 0.6 is 0 Å². The van der Waals surface area contributed by atoms with Crippen LogP contribution in [0.25, 0.3) is 0 Å². The lowest BCUT2D eigenvalue weighted by Gasteiger charge is -2.25. The molecule has 0 fully saturated rings. The van der Waals surface area contributed by atoms with E-state index in [1.54, 1.807) is 0 Å². The van der Waals surface area contributed by atoms with Crippen LogP contribution in [0.1, 0.15) is 12.8 Å². The van der Waals surface area contributed by atoms with Crippen LogP contribution in [-0.4, -0.2) is 38.2 Å². The molecule has 1 rings (SSSR count). The van der Waals surface area contributed by atoms with Crippen LogP contribution in [0.4, 0.5) is 0 Å². The predicted molar refractivity (Wildman–Crippen MR) is 50.8 cm³/mol. The molecule has 84 valence electrons. The second-order valence-corrected chi connectivity index (χ2v) is 3.52. The van der Waals surface area contributed by atoms with Crippen molar-refractivity contribution < 1.29 is 25.2 Å². The highest BCUT2D eigenvalue weighted by Gasteiger charge is 2.32. The number of aliphatic hydroxyl groups excluding tert-OH is 1. The molecule has 0 radical (unpaired) electrons. The Labute approximate surface area is 86.0 Å². The minimum Gasteiger partial charge on any atom is -0.507 e. The van der Waals surface area contributed by atoms with Crippen LogP contribution in [0.5, 0.6) is 0 Å². The van der Waals surface area contributed by atoms with Gasteiger partial charge in [0.05, 0.1) is 0 Å². The first-order valence-corrected chi connectivity index (χ1v) is 4.35. The molecule has 0 bridgehead atoms. The highest BCUT2D eigenvalue weighted by atomic mass is 16.5. The molecule has 0 spiro atoms. The number of hydrogen-bond acceptors (Lipinski definition) is 5. The van der Waals surface area contributed by atoms with Crippen LogP contribution in [0.2, 0.25) is 0 Å². The summed E-state index contributed by atoms with van der Waals surface area (Å²) in [7, 11) is 0. The Bertz CT molecular complexity index is 331. The lowest BCUT2D eigenvalue weighted by atomic mass is 9.93. The predicted octanol–water partition coefficient (Wildman–Crippen LogP) is -0.759. The summed E-state index contributed by atoms with van der Waals surface area (Å²) < 4.78 is 0. The summed E-state index contributed by atoms with van der Waals surface area (Å²) in [6.45, 7) is 0. The van der Waals surface area contributed by atoms with E-state index in [1.807, 2.05) is 0 Å². The third-order valence-electron chi connectivity index (χ3n) is 2.16. The average Bonchev–Trinajstić information content (AvgIpc) is 2.10. The van der Waals surface area contributed by atoms with E-state index in [2.05, 4.69) is 0 Å². The first-order chi connectivity index (χ1) is 6.83. The first-order valence-electron chi connectivity index (χ1n) is 4.35. The van der Waals surface area contributed by atoms with E-state index in [-0.39, 0.29) is 12.8 Å². The third-order valence-corrected chi connectivity index (χ3v) is 2.16. The number of rotatable bonds is 3. The number of carbonyl (C=O) groups is 1. The fraction of sp³-hybridized carbons (Fsp3) is 0.444. The molecule has 6 nitrogen and oxygen atoms in total. The summed E-state index contributed by atoms with van der Waals surface area (Å²) in [5.41, 5.74) is 5.75. The maximum Gasteiger partial charge on any atom is 0.320 e. The molecule has 0 saturated carbocycles. The SMILES string of the molecule is NC(CC1=CC=C(O)C(O)(O)C1)C(=O)O.